The van der Waals surface area contributed by atoms with Crippen molar-refractivity contribution in [3.63, 3.8) is 0 Å². The minimum atomic E-state index is -0.348. The van der Waals surface area contributed by atoms with Crippen molar-refractivity contribution in [1.29, 1.82) is 0 Å². The van der Waals surface area contributed by atoms with Crippen LogP contribution >= 0.6 is 11.6 Å². The summed E-state index contributed by atoms with van der Waals surface area (Å²) in [7, 11) is 0. The van der Waals surface area contributed by atoms with Gasteiger partial charge in [-0.1, -0.05) is 53.6 Å². The third kappa shape index (κ3) is 4.14. The van der Waals surface area contributed by atoms with Gasteiger partial charge in [-0.15, -0.1) is 0 Å². The lowest BCUT2D eigenvalue weighted by atomic mass is 10.1. The number of benzene rings is 2. The van der Waals surface area contributed by atoms with Gasteiger partial charge in [0, 0.05) is 10.6 Å². The van der Waals surface area contributed by atoms with E-state index in [0.29, 0.717) is 16.4 Å². The number of halogens is 1. The zero-order chi connectivity index (χ0) is 17.8. The fourth-order valence-corrected chi connectivity index (χ4v) is 2.39. The molecule has 0 aliphatic rings. The smallest absolute Gasteiger partial charge is 0.272 e. The molecule has 0 spiro atoms. The molecule has 6 heteroatoms. The lowest BCUT2D eigenvalue weighted by Crippen LogP contribution is -2.19. The standard InChI is InChI=1S/C19H17ClN4O/c1-12-3-5-14(6-4-12)13(2)21-24-19(25)18-11-17(22-23-18)15-7-9-16(20)10-8-15/h3-11H,1-2H3,(H,22,23)(H,24,25)/b21-13-. The average molecular weight is 353 g/mol. The molecular formula is C19H17ClN4O. The number of hydrazone groups is 1. The molecule has 126 valence electrons. The summed E-state index contributed by atoms with van der Waals surface area (Å²) >= 11 is 5.88. The number of aromatic amines is 1. The Morgan fingerprint density at radius 3 is 2.48 bits per heavy atom. The highest BCUT2D eigenvalue weighted by atomic mass is 35.5. The van der Waals surface area contributed by atoms with Crippen LogP contribution in [0, 0.1) is 6.92 Å². The molecule has 1 aromatic heterocycles. The number of nitrogens with zero attached hydrogens (tertiary/aromatic N) is 2. The van der Waals surface area contributed by atoms with Gasteiger partial charge in [0.05, 0.1) is 11.4 Å². The number of aryl methyl sites for hydroxylation is 1. The molecule has 25 heavy (non-hydrogen) atoms. The minimum Gasteiger partial charge on any atom is -0.272 e. The second-order valence-electron chi connectivity index (χ2n) is 5.68. The van der Waals surface area contributed by atoms with Gasteiger partial charge in [0.2, 0.25) is 0 Å². The van der Waals surface area contributed by atoms with Crippen LogP contribution in [-0.2, 0) is 0 Å². The highest BCUT2D eigenvalue weighted by Crippen LogP contribution is 2.20. The van der Waals surface area contributed by atoms with Gasteiger partial charge in [0.1, 0.15) is 5.69 Å². The zero-order valence-corrected chi connectivity index (χ0v) is 14.6. The summed E-state index contributed by atoms with van der Waals surface area (Å²) in [4.78, 5) is 12.2. The normalized spacial score (nSPS) is 11.4. The molecule has 1 heterocycles. The Kier molecular flexibility index (Phi) is 4.95. The van der Waals surface area contributed by atoms with Crippen molar-refractivity contribution >= 4 is 23.2 Å². The fraction of sp³-hybridized carbons (Fsp3) is 0.105. The maximum Gasteiger partial charge on any atom is 0.289 e. The Morgan fingerprint density at radius 1 is 1.12 bits per heavy atom. The SMILES string of the molecule is C/C(=N/NC(=O)c1cc(-c2ccc(Cl)cc2)n[nH]1)c1ccc(C)cc1. The minimum absolute atomic E-state index is 0.338. The predicted molar refractivity (Wildman–Crippen MR) is 99.9 cm³/mol. The molecule has 0 saturated heterocycles. The highest BCUT2D eigenvalue weighted by molar-refractivity contribution is 6.30. The van der Waals surface area contributed by atoms with Crippen molar-refractivity contribution in [2.75, 3.05) is 0 Å². The van der Waals surface area contributed by atoms with Crippen LogP contribution < -0.4 is 5.43 Å². The van der Waals surface area contributed by atoms with Crippen molar-refractivity contribution in [3.05, 3.63) is 76.4 Å². The van der Waals surface area contributed by atoms with Crippen LogP contribution in [0.5, 0.6) is 0 Å². The molecule has 0 aliphatic carbocycles. The molecule has 0 bridgehead atoms. The number of carbonyl (C=O) groups excluding carboxylic acids is 1. The maximum atomic E-state index is 12.2. The van der Waals surface area contributed by atoms with E-state index in [2.05, 4.69) is 20.7 Å². The Morgan fingerprint density at radius 2 is 1.80 bits per heavy atom. The third-order valence-corrected chi connectivity index (χ3v) is 4.01. The molecule has 0 fully saturated rings. The van der Waals surface area contributed by atoms with Crippen LogP contribution in [0.25, 0.3) is 11.3 Å². The van der Waals surface area contributed by atoms with Crippen LogP contribution in [0.1, 0.15) is 28.5 Å². The van der Waals surface area contributed by atoms with Crippen molar-refractivity contribution in [2.24, 2.45) is 5.10 Å². The molecule has 0 saturated carbocycles. The lowest BCUT2D eigenvalue weighted by Gasteiger charge is -2.02. The number of nitrogens with one attached hydrogen (secondary N) is 2. The topological polar surface area (TPSA) is 70.1 Å². The highest BCUT2D eigenvalue weighted by Gasteiger charge is 2.10. The number of rotatable bonds is 4. The van der Waals surface area contributed by atoms with Crippen LogP contribution in [0.3, 0.4) is 0 Å². The number of amides is 1. The van der Waals surface area contributed by atoms with Gasteiger partial charge < -0.3 is 0 Å². The summed E-state index contributed by atoms with van der Waals surface area (Å²) in [6, 6.07) is 16.9. The Labute approximate surface area is 150 Å². The maximum absolute atomic E-state index is 12.2. The molecule has 0 atom stereocenters. The largest absolute Gasteiger partial charge is 0.289 e. The van der Waals surface area contributed by atoms with Gasteiger partial charge >= 0.3 is 0 Å². The quantitative estimate of drug-likeness (QED) is 0.546. The molecule has 2 aromatic carbocycles. The molecule has 5 nitrogen and oxygen atoms in total. The first-order valence-corrected chi connectivity index (χ1v) is 8.14. The Hall–Kier alpha value is -2.92. The summed E-state index contributed by atoms with van der Waals surface area (Å²) in [5.74, 6) is -0.348. The number of carbonyl (C=O) groups is 1. The van der Waals surface area contributed by atoms with Crippen LogP contribution in [0.15, 0.2) is 59.7 Å². The van der Waals surface area contributed by atoms with E-state index in [0.717, 1.165) is 16.8 Å². The van der Waals surface area contributed by atoms with E-state index < -0.39 is 0 Å². The number of aromatic nitrogens is 2. The van der Waals surface area contributed by atoms with E-state index in [-0.39, 0.29) is 5.91 Å². The summed E-state index contributed by atoms with van der Waals surface area (Å²) < 4.78 is 0. The summed E-state index contributed by atoms with van der Waals surface area (Å²) in [5.41, 5.74) is 7.28. The zero-order valence-electron chi connectivity index (χ0n) is 13.9. The van der Waals surface area contributed by atoms with Crippen LogP contribution in [-0.4, -0.2) is 21.8 Å². The van der Waals surface area contributed by atoms with Crippen LogP contribution in [0.2, 0.25) is 5.02 Å². The van der Waals surface area contributed by atoms with Crippen LogP contribution in [0.4, 0.5) is 0 Å². The van der Waals surface area contributed by atoms with Crippen molar-refractivity contribution in [2.45, 2.75) is 13.8 Å². The molecule has 1 amide bonds. The van der Waals surface area contributed by atoms with E-state index in [9.17, 15) is 4.79 Å². The van der Waals surface area contributed by atoms with Crippen molar-refractivity contribution in [3.8, 4) is 11.3 Å². The second kappa shape index (κ2) is 7.32. The average Bonchev–Trinajstić information content (AvgIpc) is 3.11. The molecule has 3 aromatic rings. The second-order valence-corrected chi connectivity index (χ2v) is 6.11. The van der Waals surface area contributed by atoms with Gasteiger partial charge in [-0.25, -0.2) is 5.43 Å². The molecular weight excluding hydrogens is 336 g/mol. The van der Waals surface area contributed by atoms with Gasteiger partial charge in [-0.2, -0.15) is 10.2 Å². The monoisotopic (exact) mass is 352 g/mol. The van der Waals surface area contributed by atoms with Crippen molar-refractivity contribution < 1.29 is 4.79 Å². The molecule has 0 radical (unpaired) electrons. The summed E-state index contributed by atoms with van der Waals surface area (Å²) in [5, 5.41) is 11.7. The first kappa shape index (κ1) is 16.9. The molecule has 3 rings (SSSR count). The van der Waals surface area contributed by atoms with Gasteiger partial charge in [0.25, 0.3) is 5.91 Å². The van der Waals surface area contributed by atoms with Gasteiger partial charge in [0.15, 0.2) is 0 Å². The number of hydrogen-bond donors (Lipinski definition) is 2. The van der Waals surface area contributed by atoms with Gasteiger partial charge in [-0.3, -0.25) is 9.89 Å². The molecule has 0 aliphatic heterocycles. The summed E-state index contributed by atoms with van der Waals surface area (Å²) in [6.45, 7) is 3.87. The van der Waals surface area contributed by atoms with Gasteiger partial charge in [-0.05, 0) is 37.6 Å². The lowest BCUT2D eigenvalue weighted by molar-refractivity contribution is 0.0950. The first-order chi connectivity index (χ1) is 12.0. The Balaban J connectivity index is 1.70. The van der Waals surface area contributed by atoms with E-state index >= 15 is 0 Å². The number of H-pyrrole nitrogens is 1. The molecule has 0 unspecified atom stereocenters. The van der Waals surface area contributed by atoms with E-state index in [4.69, 9.17) is 11.6 Å². The fourth-order valence-electron chi connectivity index (χ4n) is 2.26. The molecule has 2 N–H and O–H groups in total. The third-order valence-electron chi connectivity index (χ3n) is 3.76. The summed E-state index contributed by atoms with van der Waals surface area (Å²) in [6.07, 6.45) is 0. The van der Waals surface area contributed by atoms with E-state index in [1.165, 1.54) is 5.56 Å². The predicted octanol–water partition coefficient (Wildman–Crippen LogP) is 4.19. The van der Waals surface area contributed by atoms with Crippen molar-refractivity contribution in [1.82, 2.24) is 15.6 Å². The number of hydrogen-bond acceptors (Lipinski definition) is 3. The Bertz CT molecular complexity index is 911. The first-order valence-electron chi connectivity index (χ1n) is 7.76. The van der Waals surface area contributed by atoms with E-state index in [1.807, 2.05) is 50.2 Å². The van der Waals surface area contributed by atoms with E-state index in [1.54, 1.807) is 18.2 Å².